The van der Waals surface area contributed by atoms with Gasteiger partial charge in [0.15, 0.2) is 6.54 Å². The number of para-hydroxylation sites is 2. The van der Waals surface area contributed by atoms with Gasteiger partial charge >= 0.3 is 6.18 Å². The quantitative estimate of drug-likeness (QED) is 0.851. The number of anilines is 2. The van der Waals surface area contributed by atoms with E-state index < -0.39 is 11.7 Å². The minimum atomic E-state index is -4.37. The first-order chi connectivity index (χ1) is 12.7. The Morgan fingerprint density at radius 2 is 1.81 bits per heavy atom. The lowest BCUT2D eigenvalue weighted by atomic mass is 10.1. The van der Waals surface area contributed by atoms with E-state index in [0.717, 1.165) is 17.0 Å². The molecule has 0 aliphatic carbocycles. The van der Waals surface area contributed by atoms with Crippen LogP contribution in [0.2, 0.25) is 0 Å². The van der Waals surface area contributed by atoms with Gasteiger partial charge in [0.2, 0.25) is 5.91 Å². The Labute approximate surface area is 154 Å². The van der Waals surface area contributed by atoms with Gasteiger partial charge in [0, 0.05) is 5.56 Å². The molecule has 1 heterocycles. The summed E-state index contributed by atoms with van der Waals surface area (Å²) in [6.45, 7) is 0.456. The molecule has 1 atom stereocenters. The number of carbonyl (C=O) groups is 2. The molecule has 0 aromatic heterocycles. The number of hydrogen-bond acceptors (Lipinski definition) is 2. The Morgan fingerprint density at radius 1 is 1.15 bits per heavy atom. The van der Waals surface area contributed by atoms with Gasteiger partial charge in [-0.2, -0.15) is 13.2 Å². The molecule has 0 fully saturated rings. The molecule has 2 aromatic carbocycles. The molecule has 27 heavy (non-hydrogen) atoms. The van der Waals surface area contributed by atoms with Gasteiger partial charge in [0.1, 0.15) is 13.1 Å². The number of likely N-dealkylation sites (N-methyl/N-ethyl adjacent to an activating group) is 1. The predicted molar refractivity (Wildman–Crippen MR) is 94.3 cm³/mol. The first kappa shape index (κ1) is 18.9. The summed E-state index contributed by atoms with van der Waals surface area (Å²) in [6.07, 6.45) is -4.37. The second kappa shape index (κ2) is 7.40. The van der Waals surface area contributed by atoms with Crippen molar-refractivity contribution in [2.75, 3.05) is 30.4 Å². The van der Waals surface area contributed by atoms with E-state index in [0.29, 0.717) is 23.5 Å². The summed E-state index contributed by atoms with van der Waals surface area (Å²) < 4.78 is 37.9. The number of nitrogens with one attached hydrogen (secondary N) is 2. The number of quaternary nitrogens is 1. The van der Waals surface area contributed by atoms with Crippen LogP contribution < -0.4 is 15.1 Å². The first-order valence-corrected chi connectivity index (χ1v) is 8.41. The van der Waals surface area contributed by atoms with Crippen molar-refractivity contribution in [2.45, 2.75) is 12.7 Å². The highest BCUT2D eigenvalue weighted by molar-refractivity contribution is 6.10. The standard InChI is InChI=1S/C19H18F3N3O2/c1-24(10-13-6-8-14(9-7-13)19(20,21)22)12-18(27)25-11-17(26)23-15-4-2-3-5-16(15)25/h2-9H,10-12H2,1H3,(H,23,26)/p+1. The Kier molecular flexibility index (Phi) is 5.18. The van der Waals surface area contributed by atoms with Gasteiger partial charge in [0.25, 0.3) is 5.91 Å². The molecule has 1 aliphatic rings. The molecular weight excluding hydrogens is 359 g/mol. The second-order valence-corrected chi connectivity index (χ2v) is 6.55. The summed E-state index contributed by atoms with van der Waals surface area (Å²) in [5.74, 6) is -0.482. The third-order valence-electron chi connectivity index (χ3n) is 4.31. The van der Waals surface area contributed by atoms with Crippen molar-refractivity contribution in [1.82, 2.24) is 0 Å². The minimum Gasteiger partial charge on any atom is -0.326 e. The van der Waals surface area contributed by atoms with Crippen molar-refractivity contribution in [3.8, 4) is 0 Å². The van der Waals surface area contributed by atoms with Crippen LogP contribution in [0.3, 0.4) is 0 Å². The van der Waals surface area contributed by atoms with E-state index in [1.807, 2.05) is 0 Å². The van der Waals surface area contributed by atoms with Crippen LogP contribution in [-0.2, 0) is 22.3 Å². The normalized spacial score (nSPS) is 15.1. The molecule has 2 aromatic rings. The van der Waals surface area contributed by atoms with Crippen molar-refractivity contribution < 1.29 is 27.7 Å². The first-order valence-electron chi connectivity index (χ1n) is 8.41. The van der Waals surface area contributed by atoms with E-state index in [-0.39, 0.29) is 24.9 Å². The highest BCUT2D eigenvalue weighted by Gasteiger charge is 2.30. The van der Waals surface area contributed by atoms with Gasteiger partial charge in [-0.15, -0.1) is 0 Å². The van der Waals surface area contributed by atoms with Gasteiger partial charge in [-0.25, -0.2) is 0 Å². The third-order valence-corrected chi connectivity index (χ3v) is 4.31. The van der Waals surface area contributed by atoms with E-state index >= 15 is 0 Å². The maximum Gasteiger partial charge on any atom is 0.416 e. The summed E-state index contributed by atoms with van der Waals surface area (Å²) in [7, 11) is 1.78. The van der Waals surface area contributed by atoms with Gasteiger partial charge < -0.3 is 10.2 Å². The predicted octanol–water partition coefficient (Wildman–Crippen LogP) is 1.71. The largest absolute Gasteiger partial charge is 0.416 e. The number of carbonyl (C=O) groups excluding carboxylic acids is 2. The Balaban J connectivity index is 1.65. The number of rotatable bonds is 4. The third kappa shape index (κ3) is 4.46. The molecule has 0 radical (unpaired) electrons. The zero-order valence-electron chi connectivity index (χ0n) is 14.6. The van der Waals surface area contributed by atoms with E-state index in [2.05, 4.69) is 5.32 Å². The van der Waals surface area contributed by atoms with Crippen molar-refractivity contribution in [3.63, 3.8) is 0 Å². The summed E-state index contributed by atoms with van der Waals surface area (Å²) in [6, 6.07) is 12.0. The fourth-order valence-electron chi connectivity index (χ4n) is 3.03. The summed E-state index contributed by atoms with van der Waals surface area (Å²) in [5.41, 5.74) is 1.23. The zero-order chi connectivity index (χ0) is 19.6. The molecule has 0 spiro atoms. The fraction of sp³-hybridized carbons (Fsp3) is 0.263. The van der Waals surface area contributed by atoms with Crippen molar-refractivity contribution in [1.29, 1.82) is 0 Å². The maximum absolute atomic E-state index is 12.7. The number of amides is 2. The van der Waals surface area contributed by atoms with Crippen LogP contribution in [0.25, 0.3) is 0 Å². The average Bonchev–Trinajstić information content (AvgIpc) is 2.60. The van der Waals surface area contributed by atoms with E-state index in [9.17, 15) is 22.8 Å². The van der Waals surface area contributed by atoms with Gasteiger partial charge in [-0.1, -0.05) is 24.3 Å². The maximum atomic E-state index is 12.7. The van der Waals surface area contributed by atoms with Crippen LogP contribution in [0.4, 0.5) is 24.5 Å². The molecule has 0 bridgehead atoms. The van der Waals surface area contributed by atoms with Crippen LogP contribution in [0.1, 0.15) is 11.1 Å². The van der Waals surface area contributed by atoms with E-state index in [1.54, 1.807) is 31.3 Å². The highest BCUT2D eigenvalue weighted by Crippen LogP contribution is 2.29. The van der Waals surface area contributed by atoms with Gasteiger partial charge in [0.05, 0.1) is 24.0 Å². The molecule has 0 saturated carbocycles. The lowest BCUT2D eigenvalue weighted by Gasteiger charge is -2.29. The molecule has 2 N–H and O–H groups in total. The number of benzene rings is 2. The molecular formula is C19H19F3N3O2+. The van der Waals surface area contributed by atoms with Crippen LogP contribution >= 0.6 is 0 Å². The topological polar surface area (TPSA) is 53.9 Å². The van der Waals surface area contributed by atoms with Gasteiger partial charge in [-0.05, 0) is 24.3 Å². The molecule has 142 valence electrons. The average molecular weight is 378 g/mol. The molecule has 3 rings (SSSR count). The molecule has 0 saturated heterocycles. The molecule has 5 nitrogen and oxygen atoms in total. The number of hydrogen-bond donors (Lipinski definition) is 2. The molecule has 1 aliphatic heterocycles. The summed E-state index contributed by atoms with van der Waals surface area (Å²) >= 11 is 0. The molecule has 2 amide bonds. The number of nitrogens with zero attached hydrogens (tertiary/aromatic N) is 1. The fourth-order valence-corrected chi connectivity index (χ4v) is 3.03. The van der Waals surface area contributed by atoms with Crippen LogP contribution in [-0.4, -0.2) is 32.0 Å². The second-order valence-electron chi connectivity index (χ2n) is 6.55. The Hall–Kier alpha value is -2.87. The van der Waals surface area contributed by atoms with Crippen LogP contribution in [0, 0.1) is 0 Å². The minimum absolute atomic E-state index is 0.0522. The zero-order valence-corrected chi connectivity index (χ0v) is 14.6. The smallest absolute Gasteiger partial charge is 0.326 e. The van der Waals surface area contributed by atoms with Crippen molar-refractivity contribution >= 4 is 23.2 Å². The summed E-state index contributed by atoms with van der Waals surface area (Å²) in [4.78, 5) is 26.7. The number of alkyl halides is 3. The Bertz CT molecular complexity index is 850. The lowest BCUT2D eigenvalue weighted by Crippen LogP contribution is -3.09. The Morgan fingerprint density at radius 3 is 2.48 bits per heavy atom. The van der Waals surface area contributed by atoms with Crippen molar-refractivity contribution in [2.24, 2.45) is 0 Å². The summed E-state index contributed by atoms with van der Waals surface area (Å²) in [5, 5.41) is 2.72. The number of halogens is 3. The van der Waals surface area contributed by atoms with E-state index in [4.69, 9.17) is 0 Å². The number of fused-ring (bicyclic) bond motifs is 1. The highest BCUT2D eigenvalue weighted by atomic mass is 19.4. The molecule has 1 unspecified atom stereocenters. The SMILES string of the molecule is C[NH+](CC(=O)N1CC(=O)Nc2ccccc21)Cc1ccc(C(F)(F)F)cc1. The van der Waals surface area contributed by atoms with Gasteiger partial charge in [-0.3, -0.25) is 14.5 Å². The van der Waals surface area contributed by atoms with Crippen LogP contribution in [0.15, 0.2) is 48.5 Å². The van der Waals surface area contributed by atoms with E-state index in [1.165, 1.54) is 17.0 Å². The molecule has 8 heteroatoms. The monoisotopic (exact) mass is 378 g/mol. The van der Waals surface area contributed by atoms with Crippen LogP contribution in [0.5, 0.6) is 0 Å². The van der Waals surface area contributed by atoms with Crippen molar-refractivity contribution in [3.05, 3.63) is 59.7 Å². The lowest BCUT2D eigenvalue weighted by molar-refractivity contribution is -0.885.